The normalized spacial score (nSPS) is 15.1. The highest BCUT2D eigenvalue weighted by Gasteiger charge is 2.22. The fraction of sp³-hybridized carbons (Fsp3) is 0.682. The lowest BCUT2D eigenvalue weighted by Crippen LogP contribution is -2.42. The van der Waals surface area contributed by atoms with Crippen LogP contribution >= 0.6 is 12.8 Å². The highest BCUT2D eigenvalue weighted by atomic mass is 32.1. The number of aryl methyl sites for hydroxylation is 3. The molecule has 0 radical (unpaired) electrons. The number of benzene rings is 1. The molecule has 3 nitrogen and oxygen atoms in total. The van der Waals surface area contributed by atoms with Gasteiger partial charge in [-0.05, 0) is 55.2 Å². The number of amides is 2. The van der Waals surface area contributed by atoms with Crippen molar-refractivity contribution in [2.45, 2.75) is 97.4 Å². The summed E-state index contributed by atoms with van der Waals surface area (Å²) >= 11 is 4.60. The predicted octanol–water partition coefficient (Wildman–Crippen LogP) is 6.24. The Morgan fingerprint density at radius 1 is 1.08 bits per heavy atom. The van der Waals surface area contributed by atoms with Crippen LogP contribution in [0, 0.1) is 0 Å². The van der Waals surface area contributed by atoms with Crippen molar-refractivity contribution in [3.8, 4) is 0 Å². The molecule has 4 heteroatoms. The van der Waals surface area contributed by atoms with Gasteiger partial charge in [0.2, 0.25) is 0 Å². The molecule has 0 saturated heterocycles. The van der Waals surface area contributed by atoms with E-state index in [1.54, 1.807) is 4.31 Å². The van der Waals surface area contributed by atoms with Gasteiger partial charge in [-0.2, -0.15) is 0 Å². The fourth-order valence-corrected chi connectivity index (χ4v) is 4.27. The molecule has 0 bridgehead atoms. The summed E-state index contributed by atoms with van der Waals surface area (Å²) in [7, 11) is 0. The number of thiol groups is 1. The Bertz CT molecular complexity index is 557. The summed E-state index contributed by atoms with van der Waals surface area (Å²) in [5.41, 5.74) is 4.84. The number of unbranched alkanes of at least 4 members (excludes halogenated alkanes) is 2. The van der Waals surface area contributed by atoms with E-state index in [4.69, 9.17) is 0 Å². The molecule has 0 aromatic heterocycles. The molecule has 0 aliphatic heterocycles. The van der Waals surface area contributed by atoms with Crippen molar-refractivity contribution >= 4 is 24.5 Å². The van der Waals surface area contributed by atoms with E-state index in [0.717, 1.165) is 37.8 Å². The van der Waals surface area contributed by atoms with Crippen LogP contribution in [0.25, 0.3) is 0 Å². The van der Waals surface area contributed by atoms with Gasteiger partial charge in [-0.3, -0.25) is 0 Å². The molecular weight excluding hydrogens is 340 g/mol. The Labute approximate surface area is 165 Å². The van der Waals surface area contributed by atoms with E-state index in [-0.39, 0.29) is 6.03 Å². The monoisotopic (exact) mass is 376 g/mol. The summed E-state index contributed by atoms with van der Waals surface area (Å²) < 4.78 is 1.56. The van der Waals surface area contributed by atoms with Crippen molar-refractivity contribution in [1.82, 2.24) is 5.32 Å². The standard InChI is InChI=1S/C22H36N2OS/c1-4-7-9-12-17-15-18(5-2)21(19(6-3)16-17)24(26)22(25)23-20-13-10-8-11-14-20/h15-16,20,26H,4-14H2,1-3H3,(H,23,25). The van der Waals surface area contributed by atoms with E-state index in [1.165, 1.54) is 55.2 Å². The van der Waals surface area contributed by atoms with Gasteiger partial charge in [0, 0.05) is 6.04 Å². The molecule has 26 heavy (non-hydrogen) atoms. The van der Waals surface area contributed by atoms with E-state index in [1.807, 2.05) is 0 Å². The van der Waals surface area contributed by atoms with Crippen LogP contribution in [0.5, 0.6) is 0 Å². The maximum absolute atomic E-state index is 12.8. The number of urea groups is 1. The van der Waals surface area contributed by atoms with E-state index in [2.05, 4.69) is 51.0 Å². The SMILES string of the molecule is CCCCCc1cc(CC)c(N(S)C(=O)NC2CCCCC2)c(CC)c1. The van der Waals surface area contributed by atoms with Gasteiger partial charge >= 0.3 is 6.03 Å². The maximum Gasteiger partial charge on any atom is 0.332 e. The molecule has 146 valence electrons. The highest BCUT2D eigenvalue weighted by molar-refractivity contribution is 7.82. The predicted molar refractivity (Wildman–Crippen MR) is 115 cm³/mol. The van der Waals surface area contributed by atoms with Crippen molar-refractivity contribution in [2.24, 2.45) is 0 Å². The summed E-state index contributed by atoms with van der Waals surface area (Å²) in [5, 5.41) is 3.19. The molecular formula is C22H36N2OS. The minimum atomic E-state index is -0.0802. The Morgan fingerprint density at radius 2 is 1.69 bits per heavy atom. The first-order valence-electron chi connectivity index (χ1n) is 10.5. The van der Waals surface area contributed by atoms with Crippen molar-refractivity contribution in [3.63, 3.8) is 0 Å². The zero-order valence-electron chi connectivity index (χ0n) is 16.8. The summed E-state index contributed by atoms with van der Waals surface area (Å²) in [6.45, 7) is 6.56. The summed E-state index contributed by atoms with van der Waals surface area (Å²) in [6, 6.07) is 4.78. The third-order valence-corrected chi connectivity index (χ3v) is 5.88. The Balaban J connectivity index is 2.17. The van der Waals surface area contributed by atoms with Gasteiger partial charge in [0.25, 0.3) is 0 Å². The van der Waals surface area contributed by atoms with Crippen LogP contribution in [-0.2, 0) is 19.3 Å². The van der Waals surface area contributed by atoms with Gasteiger partial charge in [-0.15, -0.1) is 0 Å². The number of anilines is 1. The second-order valence-corrected chi connectivity index (χ2v) is 7.92. The molecule has 0 heterocycles. The van der Waals surface area contributed by atoms with Crippen LogP contribution in [-0.4, -0.2) is 12.1 Å². The topological polar surface area (TPSA) is 32.3 Å². The Kier molecular flexibility index (Phi) is 8.83. The molecule has 0 atom stereocenters. The second-order valence-electron chi connectivity index (χ2n) is 7.52. The summed E-state index contributed by atoms with van der Waals surface area (Å²) in [6.07, 6.45) is 12.6. The smallest absolute Gasteiger partial charge is 0.332 e. The lowest BCUT2D eigenvalue weighted by Gasteiger charge is -2.28. The third kappa shape index (κ3) is 5.67. The van der Waals surface area contributed by atoms with E-state index >= 15 is 0 Å². The molecule has 1 aromatic carbocycles. The van der Waals surface area contributed by atoms with Gasteiger partial charge in [-0.25, -0.2) is 9.10 Å². The van der Waals surface area contributed by atoms with Crippen LogP contribution in [0.4, 0.5) is 10.5 Å². The highest BCUT2D eigenvalue weighted by Crippen LogP contribution is 2.31. The quantitative estimate of drug-likeness (QED) is 0.408. The lowest BCUT2D eigenvalue weighted by molar-refractivity contribution is 0.242. The van der Waals surface area contributed by atoms with Gasteiger partial charge in [0.05, 0.1) is 5.69 Å². The fourth-order valence-electron chi connectivity index (χ4n) is 3.95. The van der Waals surface area contributed by atoms with Crippen LogP contribution in [0.15, 0.2) is 12.1 Å². The van der Waals surface area contributed by atoms with E-state index in [0.29, 0.717) is 6.04 Å². The van der Waals surface area contributed by atoms with Gasteiger partial charge in [0.15, 0.2) is 0 Å². The molecule has 1 aromatic rings. The average Bonchev–Trinajstić information content (AvgIpc) is 2.67. The van der Waals surface area contributed by atoms with Crippen molar-refractivity contribution in [1.29, 1.82) is 0 Å². The first-order valence-corrected chi connectivity index (χ1v) is 10.9. The summed E-state index contributed by atoms with van der Waals surface area (Å²) in [5.74, 6) is 0. The Morgan fingerprint density at radius 3 is 2.23 bits per heavy atom. The largest absolute Gasteiger partial charge is 0.334 e. The first kappa shape index (κ1) is 21.1. The molecule has 1 N–H and O–H groups in total. The molecule has 2 amide bonds. The third-order valence-electron chi connectivity index (χ3n) is 5.50. The van der Waals surface area contributed by atoms with Crippen LogP contribution in [0.2, 0.25) is 0 Å². The molecule has 1 fully saturated rings. The minimum absolute atomic E-state index is 0.0802. The molecule has 1 saturated carbocycles. The van der Waals surface area contributed by atoms with Crippen LogP contribution in [0.1, 0.15) is 88.8 Å². The molecule has 1 aliphatic rings. The molecule has 1 aliphatic carbocycles. The number of nitrogens with one attached hydrogen (secondary N) is 1. The van der Waals surface area contributed by atoms with Gasteiger partial charge in [-0.1, -0.05) is 77.8 Å². The van der Waals surface area contributed by atoms with Crippen molar-refractivity contribution in [3.05, 3.63) is 28.8 Å². The van der Waals surface area contributed by atoms with Crippen LogP contribution in [0.3, 0.4) is 0 Å². The van der Waals surface area contributed by atoms with Crippen molar-refractivity contribution in [2.75, 3.05) is 4.31 Å². The van der Waals surface area contributed by atoms with Gasteiger partial charge in [0.1, 0.15) is 0 Å². The number of hydrogen-bond donors (Lipinski definition) is 2. The first-order chi connectivity index (χ1) is 12.6. The number of rotatable bonds is 8. The number of carbonyl (C=O) groups is 1. The summed E-state index contributed by atoms with van der Waals surface area (Å²) in [4.78, 5) is 12.8. The van der Waals surface area contributed by atoms with E-state index < -0.39 is 0 Å². The van der Waals surface area contributed by atoms with Crippen LogP contribution < -0.4 is 9.62 Å². The number of hydrogen-bond acceptors (Lipinski definition) is 2. The molecule has 0 unspecified atom stereocenters. The molecule has 2 rings (SSSR count). The molecule has 0 spiro atoms. The lowest BCUT2D eigenvalue weighted by atomic mass is 9.95. The number of nitrogens with zero attached hydrogens (tertiary/aromatic N) is 1. The van der Waals surface area contributed by atoms with Gasteiger partial charge < -0.3 is 5.32 Å². The van der Waals surface area contributed by atoms with Crippen molar-refractivity contribution < 1.29 is 4.79 Å². The number of carbonyl (C=O) groups excluding carboxylic acids is 1. The maximum atomic E-state index is 12.8. The minimum Gasteiger partial charge on any atom is -0.334 e. The Hall–Kier alpha value is -1.16. The average molecular weight is 377 g/mol. The zero-order chi connectivity index (χ0) is 18.9. The van der Waals surface area contributed by atoms with E-state index in [9.17, 15) is 4.79 Å². The second kappa shape index (κ2) is 10.9. The zero-order valence-corrected chi connectivity index (χ0v) is 17.7.